The molecule has 0 saturated heterocycles. The summed E-state index contributed by atoms with van der Waals surface area (Å²) in [4.78, 5) is 0.751. The molecule has 7 heteroatoms. The van der Waals surface area contributed by atoms with Crippen molar-refractivity contribution in [3.63, 3.8) is 0 Å². The van der Waals surface area contributed by atoms with Crippen LogP contribution in [0.25, 0.3) is 0 Å². The third kappa shape index (κ3) is 4.81. The maximum absolute atomic E-state index is 11.4. The smallest absolute Gasteiger partial charge is 0.150 e. The van der Waals surface area contributed by atoms with Crippen molar-refractivity contribution in [1.82, 2.24) is 9.59 Å². The van der Waals surface area contributed by atoms with Gasteiger partial charge in [0.1, 0.15) is 9.84 Å². The molecule has 5 nitrogen and oxygen atoms in total. The molecule has 1 unspecified atom stereocenters. The Labute approximate surface area is 119 Å². The molecule has 0 aliphatic carbocycles. The third-order valence-corrected chi connectivity index (χ3v) is 5.51. The molecule has 0 fully saturated rings. The molecule has 0 amide bonds. The van der Waals surface area contributed by atoms with Gasteiger partial charge in [-0.25, -0.2) is 8.42 Å². The van der Waals surface area contributed by atoms with Crippen LogP contribution in [-0.2, 0) is 15.3 Å². The van der Waals surface area contributed by atoms with Gasteiger partial charge in [-0.05, 0) is 24.4 Å². The van der Waals surface area contributed by atoms with Gasteiger partial charge in [-0.15, -0.1) is 5.10 Å². The second-order valence-corrected chi connectivity index (χ2v) is 8.89. The second kappa shape index (κ2) is 6.28. The molecule has 1 heterocycles. The first kappa shape index (κ1) is 16.5. The van der Waals surface area contributed by atoms with E-state index in [0.717, 1.165) is 10.6 Å². The fraction of sp³-hybridized carbons (Fsp3) is 0.833. The van der Waals surface area contributed by atoms with Crippen molar-refractivity contribution in [2.24, 2.45) is 0 Å². The molecule has 1 N–H and O–H groups in total. The number of hydrogen-bond donors (Lipinski definition) is 1. The molecule has 110 valence electrons. The minimum atomic E-state index is -2.96. The molecule has 1 aromatic heterocycles. The lowest BCUT2D eigenvalue weighted by atomic mass is 9.90. The van der Waals surface area contributed by atoms with Gasteiger partial charge in [-0.3, -0.25) is 0 Å². The average molecular weight is 306 g/mol. The Bertz CT molecular complexity index is 503. The highest BCUT2D eigenvalue weighted by Crippen LogP contribution is 2.32. The van der Waals surface area contributed by atoms with Gasteiger partial charge < -0.3 is 5.11 Å². The van der Waals surface area contributed by atoms with Crippen molar-refractivity contribution in [2.75, 3.05) is 11.5 Å². The number of aliphatic hydroxyl groups is 1. The summed E-state index contributed by atoms with van der Waals surface area (Å²) < 4.78 is 26.7. The van der Waals surface area contributed by atoms with E-state index >= 15 is 0 Å². The van der Waals surface area contributed by atoms with E-state index in [2.05, 4.69) is 9.59 Å². The van der Waals surface area contributed by atoms with E-state index in [4.69, 9.17) is 0 Å². The minimum absolute atomic E-state index is 0.123. The van der Waals surface area contributed by atoms with Gasteiger partial charge in [-0.1, -0.05) is 32.2 Å². The monoisotopic (exact) mass is 306 g/mol. The molecule has 0 aliphatic rings. The normalized spacial score (nSPS) is 14.6. The zero-order valence-electron chi connectivity index (χ0n) is 11.9. The highest BCUT2D eigenvalue weighted by Gasteiger charge is 2.26. The SMILES string of the molecule is CCS(=O)(=O)CCCC(O)c1snnc1C(C)(C)C. The van der Waals surface area contributed by atoms with E-state index in [1.54, 1.807) is 6.92 Å². The Morgan fingerprint density at radius 3 is 2.53 bits per heavy atom. The summed E-state index contributed by atoms with van der Waals surface area (Å²) in [7, 11) is -2.96. The average Bonchev–Trinajstić information content (AvgIpc) is 2.77. The first-order valence-electron chi connectivity index (χ1n) is 6.38. The van der Waals surface area contributed by atoms with E-state index in [-0.39, 0.29) is 16.9 Å². The number of sulfone groups is 1. The second-order valence-electron chi connectivity index (χ2n) is 5.63. The lowest BCUT2D eigenvalue weighted by molar-refractivity contribution is 0.168. The number of aliphatic hydroxyl groups excluding tert-OH is 1. The van der Waals surface area contributed by atoms with Crippen LogP contribution >= 0.6 is 11.5 Å². The third-order valence-electron chi connectivity index (χ3n) is 2.90. The molecular weight excluding hydrogens is 284 g/mol. The molecule has 0 saturated carbocycles. The van der Waals surface area contributed by atoms with Gasteiger partial charge in [-0.2, -0.15) is 0 Å². The van der Waals surface area contributed by atoms with Crippen LogP contribution in [0.1, 0.15) is 57.2 Å². The van der Waals surface area contributed by atoms with Gasteiger partial charge in [0.05, 0.1) is 22.4 Å². The molecule has 0 aromatic carbocycles. The predicted octanol–water partition coefficient (Wildman–Crippen LogP) is 2.08. The van der Waals surface area contributed by atoms with Crippen LogP contribution in [0.2, 0.25) is 0 Å². The summed E-state index contributed by atoms with van der Waals surface area (Å²) >= 11 is 1.19. The summed E-state index contributed by atoms with van der Waals surface area (Å²) in [6, 6.07) is 0. The van der Waals surface area contributed by atoms with Gasteiger partial charge >= 0.3 is 0 Å². The molecule has 0 radical (unpaired) electrons. The predicted molar refractivity (Wildman–Crippen MR) is 77.1 cm³/mol. The zero-order chi connectivity index (χ0) is 14.7. The highest BCUT2D eigenvalue weighted by molar-refractivity contribution is 7.91. The maximum atomic E-state index is 11.4. The van der Waals surface area contributed by atoms with Crippen molar-refractivity contribution in [3.05, 3.63) is 10.6 Å². The topological polar surface area (TPSA) is 80.2 Å². The Morgan fingerprint density at radius 1 is 1.37 bits per heavy atom. The molecule has 0 spiro atoms. The van der Waals surface area contributed by atoms with Gasteiger partial charge in [0.2, 0.25) is 0 Å². The standard InChI is InChI=1S/C12H22N2O3S2/c1-5-19(16,17)8-6-7-9(15)10-11(12(2,3)4)13-14-18-10/h9,15H,5-8H2,1-4H3. The fourth-order valence-corrected chi connectivity index (χ4v) is 3.49. The Morgan fingerprint density at radius 2 is 2.00 bits per heavy atom. The number of nitrogens with zero attached hydrogens (tertiary/aromatic N) is 2. The van der Waals surface area contributed by atoms with Crippen LogP contribution in [0.15, 0.2) is 0 Å². The van der Waals surface area contributed by atoms with Crippen LogP contribution in [-0.4, -0.2) is 34.6 Å². The lowest BCUT2D eigenvalue weighted by Gasteiger charge is -2.18. The molecule has 1 aromatic rings. The number of rotatable bonds is 6. The van der Waals surface area contributed by atoms with E-state index in [1.165, 1.54) is 11.5 Å². The number of aromatic nitrogens is 2. The van der Waals surface area contributed by atoms with Crippen LogP contribution < -0.4 is 0 Å². The van der Waals surface area contributed by atoms with Crippen molar-refractivity contribution >= 4 is 21.4 Å². The van der Waals surface area contributed by atoms with Gasteiger partial charge in [0.15, 0.2) is 0 Å². The maximum Gasteiger partial charge on any atom is 0.150 e. The van der Waals surface area contributed by atoms with Crippen LogP contribution in [0.5, 0.6) is 0 Å². The summed E-state index contributed by atoms with van der Waals surface area (Å²) in [5.41, 5.74) is 0.627. The molecule has 19 heavy (non-hydrogen) atoms. The Balaban J connectivity index is 2.65. The molecular formula is C12H22N2O3S2. The largest absolute Gasteiger partial charge is 0.387 e. The lowest BCUT2D eigenvalue weighted by Crippen LogP contribution is -2.16. The van der Waals surface area contributed by atoms with E-state index in [1.807, 2.05) is 20.8 Å². The summed E-state index contributed by atoms with van der Waals surface area (Å²) in [5.74, 6) is 0.274. The van der Waals surface area contributed by atoms with E-state index in [9.17, 15) is 13.5 Å². The van der Waals surface area contributed by atoms with E-state index < -0.39 is 15.9 Å². The zero-order valence-corrected chi connectivity index (χ0v) is 13.5. The quantitative estimate of drug-likeness (QED) is 0.870. The molecule has 0 bridgehead atoms. The van der Waals surface area contributed by atoms with Crippen molar-refractivity contribution in [2.45, 2.75) is 52.1 Å². The number of hydrogen-bond acceptors (Lipinski definition) is 6. The Hall–Kier alpha value is -0.530. The van der Waals surface area contributed by atoms with Crippen molar-refractivity contribution in [1.29, 1.82) is 0 Å². The first-order valence-corrected chi connectivity index (χ1v) is 8.98. The van der Waals surface area contributed by atoms with Crippen LogP contribution in [0, 0.1) is 0 Å². The summed E-state index contributed by atoms with van der Waals surface area (Å²) in [6.07, 6.45) is 0.201. The van der Waals surface area contributed by atoms with E-state index in [0.29, 0.717) is 12.8 Å². The minimum Gasteiger partial charge on any atom is -0.387 e. The van der Waals surface area contributed by atoms with Crippen LogP contribution in [0.4, 0.5) is 0 Å². The van der Waals surface area contributed by atoms with Crippen molar-refractivity contribution < 1.29 is 13.5 Å². The van der Waals surface area contributed by atoms with Gasteiger partial charge in [0.25, 0.3) is 0 Å². The molecule has 1 atom stereocenters. The van der Waals surface area contributed by atoms with Gasteiger partial charge in [0, 0.05) is 11.2 Å². The summed E-state index contributed by atoms with van der Waals surface area (Å²) in [5, 5.41) is 14.2. The first-order chi connectivity index (χ1) is 8.67. The van der Waals surface area contributed by atoms with Crippen LogP contribution in [0.3, 0.4) is 0 Å². The summed E-state index contributed by atoms with van der Waals surface area (Å²) in [6.45, 7) is 7.68. The molecule has 0 aliphatic heterocycles. The Kier molecular flexibility index (Phi) is 5.46. The fourth-order valence-electron chi connectivity index (χ4n) is 1.71. The molecule has 1 rings (SSSR count). The van der Waals surface area contributed by atoms with Crippen molar-refractivity contribution in [3.8, 4) is 0 Å². The highest BCUT2D eigenvalue weighted by atomic mass is 32.2.